The molecule has 0 atom stereocenters. The largest absolute Gasteiger partial charge is 0.350 e. The number of rotatable bonds is 8. The number of hydrogen-bond acceptors (Lipinski definition) is 6. The van der Waals surface area contributed by atoms with Gasteiger partial charge in [-0.1, -0.05) is 29.8 Å². The number of sulfonamides is 1. The number of hydrogen-bond donors (Lipinski definition) is 1. The number of nitrogens with one attached hydrogen (secondary N) is 1. The van der Waals surface area contributed by atoms with E-state index in [1.807, 2.05) is 31.2 Å². The molecule has 11 heteroatoms. The first-order valence-corrected chi connectivity index (χ1v) is 12.4. The molecule has 182 valence electrons. The lowest BCUT2D eigenvalue weighted by molar-refractivity contribution is 0.0952. The molecule has 1 amide bonds. The van der Waals surface area contributed by atoms with Crippen LogP contribution in [-0.2, 0) is 23.1 Å². The maximum absolute atomic E-state index is 12.9. The Hall–Kier alpha value is -3.83. The van der Waals surface area contributed by atoms with Crippen LogP contribution in [0.1, 0.15) is 21.5 Å². The first-order chi connectivity index (χ1) is 16.7. The summed E-state index contributed by atoms with van der Waals surface area (Å²) in [6, 6.07) is 13.7. The van der Waals surface area contributed by atoms with Crippen LogP contribution in [0.5, 0.6) is 0 Å². The topological polar surface area (TPSA) is 119 Å². The van der Waals surface area contributed by atoms with Gasteiger partial charge in [0, 0.05) is 26.2 Å². The number of benzene rings is 2. The molecule has 0 unspecified atom stereocenters. The second kappa shape index (κ2) is 9.80. The number of aromatic nitrogens is 4. The summed E-state index contributed by atoms with van der Waals surface area (Å²) in [5, 5.41) is 7.44. The maximum atomic E-state index is 12.9. The van der Waals surface area contributed by atoms with Gasteiger partial charge in [0.2, 0.25) is 10.0 Å². The zero-order chi connectivity index (χ0) is 25.2. The molecule has 0 aliphatic carbocycles. The molecule has 0 aliphatic rings. The quantitative estimate of drug-likeness (QED) is 0.398. The predicted molar refractivity (Wildman–Crippen MR) is 132 cm³/mol. The normalized spacial score (nSPS) is 11.8. The summed E-state index contributed by atoms with van der Waals surface area (Å²) < 4.78 is 28.5. The van der Waals surface area contributed by atoms with Crippen LogP contribution in [0.4, 0.5) is 0 Å². The first-order valence-electron chi connectivity index (χ1n) is 10.9. The van der Waals surface area contributed by atoms with Gasteiger partial charge in [-0.2, -0.15) is 5.10 Å². The summed E-state index contributed by atoms with van der Waals surface area (Å²) in [5.41, 5.74) is 2.75. The van der Waals surface area contributed by atoms with E-state index in [-0.39, 0.29) is 22.9 Å². The second-order valence-electron chi connectivity index (χ2n) is 8.34. The molecule has 1 N–H and O–H groups in total. The molecule has 0 fully saturated rings. The molecular weight excluding hydrogens is 468 g/mol. The molecule has 0 saturated heterocycles. The van der Waals surface area contributed by atoms with Gasteiger partial charge in [0.1, 0.15) is 11.7 Å². The molecule has 2 aromatic heterocycles. The van der Waals surface area contributed by atoms with Gasteiger partial charge < -0.3 is 5.32 Å². The highest BCUT2D eigenvalue weighted by atomic mass is 32.2. The summed E-state index contributed by atoms with van der Waals surface area (Å²) in [7, 11) is -0.662. The average Bonchev–Trinajstić information content (AvgIpc) is 3.26. The molecule has 0 bridgehead atoms. The molecule has 0 spiro atoms. The molecule has 0 radical (unpaired) electrons. The van der Waals surface area contributed by atoms with Gasteiger partial charge in [-0.05, 0) is 36.8 Å². The van der Waals surface area contributed by atoms with Crippen molar-refractivity contribution in [3.05, 3.63) is 88.1 Å². The summed E-state index contributed by atoms with van der Waals surface area (Å²) in [4.78, 5) is 29.9. The Morgan fingerprint density at radius 2 is 1.74 bits per heavy atom. The molecule has 0 saturated carbocycles. The van der Waals surface area contributed by atoms with E-state index in [1.165, 1.54) is 50.9 Å². The lowest BCUT2D eigenvalue weighted by atomic mass is 10.1. The Bertz CT molecular complexity index is 1520. The van der Waals surface area contributed by atoms with Crippen molar-refractivity contribution in [3.63, 3.8) is 0 Å². The van der Waals surface area contributed by atoms with Gasteiger partial charge in [0.15, 0.2) is 5.65 Å². The number of aryl methyl sites for hydroxylation is 1. The standard InChI is InChI=1S/C24H26N6O4S/c1-17-4-6-18(7-5-17)15-29-16-26-22-21(24(29)32)14-27-30(22)13-12-25-23(31)19-8-10-20(11-9-19)35(33,34)28(2)3/h4-11,14,16H,12-13,15H2,1-3H3,(H,25,31). The van der Waals surface area contributed by atoms with E-state index in [2.05, 4.69) is 15.4 Å². The van der Waals surface area contributed by atoms with Crippen molar-refractivity contribution in [2.75, 3.05) is 20.6 Å². The number of fused-ring (bicyclic) bond motifs is 1. The summed E-state index contributed by atoms with van der Waals surface area (Å²) >= 11 is 0. The Morgan fingerprint density at radius 1 is 1.06 bits per heavy atom. The molecule has 4 aromatic rings. The Kier molecular flexibility index (Phi) is 6.81. The van der Waals surface area contributed by atoms with E-state index in [9.17, 15) is 18.0 Å². The van der Waals surface area contributed by atoms with Crippen molar-refractivity contribution in [2.24, 2.45) is 0 Å². The number of carbonyl (C=O) groups is 1. The predicted octanol–water partition coefficient (Wildman–Crippen LogP) is 1.63. The van der Waals surface area contributed by atoms with E-state index < -0.39 is 10.0 Å². The highest BCUT2D eigenvalue weighted by Crippen LogP contribution is 2.14. The molecule has 2 aromatic carbocycles. The zero-order valence-corrected chi connectivity index (χ0v) is 20.5. The van der Waals surface area contributed by atoms with Crippen LogP contribution in [0.25, 0.3) is 11.0 Å². The van der Waals surface area contributed by atoms with Gasteiger partial charge in [-0.25, -0.2) is 22.4 Å². The lowest BCUT2D eigenvalue weighted by Gasteiger charge is -2.11. The minimum absolute atomic E-state index is 0.112. The number of nitrogens with zero attached hydrogens (tertiary/aromatic N) is 5. The van der Waals surface area contributed by atoms with Crippen LogP contribution in [-0.4, -0.2) is 58.6 Å². The molecule has 2 heterocycles. The van der Waals surface area contributed by atoms with Crippen molar-refractivity contribution in [1.82, 2.24) is 29.0 Å². The summed E-state index contributed by atoms with van der Waals surface area (Å²) in [5.74, 6) is -0.344. The fraction of sp³-hybridized carbons (Fsp3) is 0.250. The second-order valence-corrected chi connectivity index (χ2v) is 10.5. The van der Waals surface area contributed by atoms with E-state index in [4.69, 9.17) is 0 Å². The maximum Gasteiger partial charge on any atom is 0.264 e. The third-order valence-electron chi connectivity index (χ3n) is 5.60. The minimum Gasteiger partial charge on any atom is -0.350 e. The van der Waals surface area contributed by atoms with E-state index >= 15 is 0 Å². The van der Waals surface area contributed by atoms with E-state index in [1.54, 1.807) is 9.25 Å². The number of carbonyl (C=O) groups excluding carboxylic acids is 1. The Balaban J connectivity index is 1.40. The van der Waals surface area contributed by atoms with Crippen LogP contribution in [0.3, 0.4) is 0 Å². The first kappa shape index (κ1) is 24.3. The van der Waals surface area contributed by atoms with Crippen LogP contribution in [0.15, 0.2) is 70.7 Å². The Morgan fingerprint density at radius 3 is 2.40 bits per heavy atom. The van der Waals surface area contributed by atoms with Crippen molar-refractivity contribution in [3.8, 4) is 0 Å². The van der Waals surface area contributed by atoms with Crippen molar-refractivity contribution < 1.29 is 13.2 Å². The van der Waals surface area contributed by atoms with Gasteiger partial charge in [-0.15, -0.1) is 0 Å². The fourth-order valence-corrected chi connectivity index (χ4v) is 4.43. The minimum atomic E-state index is -3.56. The Labute approximate surface area is 202 Å². The smallest absolute Gasteiger partial charge is 0.264 e. The van der Waals surface area contributed by atoms with Crippen molar-refractivity contribution >= 4 is 27.0 Å². The monoisotopic (exact) mass is 494 g/mol. The molecular formula is C24H26N6O4S. The third-order valence-corrected chi connectivity index (χ3v) is 7.43. The van der Waals surface area contributed by atoms with Gasteiger partial charge in [0.05, 0.1) is 24.2 Å². The molecule has 35 heavy (non-hydrogen) atoms. The van der Waals surface area contributed by atoms with Crippen LogP contribution < -0.4 is 10.9 Å². The molecule has 0 aliphatic heterocycles. The van der Waals surface area contributed by atoms with Crippen molar-refractivity contribution in [2.45, 2.75) is 24.9 Å². The highest BCUT2D eigenvalue weighted by molar-refractivity contribution is 7.89. The summed E-state index contributed by atoms with van der Waals surface area (Å²) in [6.07, 6.45) is 2.99. The fourth-order valence-electron chi connectivity index (χ4n) is 3.53. The number of amides is 1. The van der Waals surface area contributed by atoms with Crippen LogP contribution in [0.2, 0.25) is 0 Å². The molecule has 4 rings (SSSR count). The SMILES string of the molecule is Cc1ccc(Cn2cnc3c(cnn3CCNC(=O)c3ccc(S(=O)(=O)N(C)C)cc3)c2=O)cc1. The highest BCUT2D eigenvalue weighted by Gasteiger charge is 2.17. The zero-order valence-electron chi connectivity index (χ0n) is 19.7. The van der Waals surface area contributed by atoms with Gasteiger partial charge in [-0.3, -0.25) is 14.2 Å². The van der Waals surface area contributed by atoms with E-state index in [0.717, 1.165) is 15.4 Å². The average molecular weight is 495 g/mol. The van der Waals surface area contributed by atoms with Gasteiger partial charge in [0.25, 0.3) is 11.5 Å². The molecule has 10 nitrogen and oxygen atoms in total. The van der Waals surface area contributed by atoms with Gasteiger partial charge >= 0.3 is 0 Å². The van der Waals surface area contributed by atoms with E-state index in [0.29, 0.717) is 29.7 Å². The van der Waals surface area contributed by atoms with Crippen molar-refractivity contribution in [1.29, 1.82) is 0 Å². The summed E-state index contributed by atoms with van der Waals surface area (Å²) in [6.45, 7) is 2.99. The van der Waals surface area contributed by atoms with Crippen LogP contribution in [0, 0.1) is 6.92 Å². The lowest BCUT2D eigenvalue weighted by Crippen LogP contribution is -2.28. The van der Waals surface area contributed by atoms with Crippen LogP contribution >= 0.6 is 0 Å². The third kappa shape index (κ3) is 5.15.